The fraction of sp³-hybridized carbons (Fsp3) is 0.188. The highest BCUT2D eigenvalue weighted by Crippen LogP contribution is 2.24. The van der Waals surface area contributed by atoms with Gasteiger partial charge in [-0.15, -0.1) is 0 Å². The molecule has 0 aliphatic rings. The minimum Gasteiger partial charge on any atom is -0.494 e. The second kappa shape index (κ2) is 12.2. The first-order chi connectivity index (χ1) is 17.2. The summed E-state index contributed by atoms with van der Waals surface area (Å²) in [6, 6.07) is 34.4. The topological polar surface area (TPSA) is 37.4 Å². The molecule has 35 heavy (non-hydrogen) atoms. The molecule has 0 aromatic heterocycles. The summed E-state index contributed by atoms with van der Waals surface area (Å²) in [6.45, 7) is 7.79. The van der Waals surface area contributed by atoms with Gasteiger partial charge in [0, 0.05) is 0 Å². The van der Waals surface area contributed by atoms with E-state index >= 15 is 0 Å². The van der Waals surface area contributed by atoms with E-state index in [1.54, 1.807) is 0 Å². The SMILES string of the molecule is [C-]#[N+]c1ccc(-c2ccc(CCCCCCOc3ccc(-c4ccc(C#N)cc4)cc3)cc2)cc1. The predicted octanol–water partition coefficient (Wildman–Crippen LogP) is 8.62. The van der Waals surface area contributed by atoms with Gasteiger partial charge in [0.25, 0.3) is 0 Å². The lowest BCUT2D eigenvalue weighted by Gasteiger charge is -2.08. The minimum absolute atomic E-state index is 0.673. The van der Waals surface area contributed by atoms with Crippen LogP contribution >= 0.6 is 0 Å². The highest BCUT2D eigenvalue weighted by Gasteiger charge is 2.01. The summed E-state index contributed by atoms with van der Waals surface area (Å²) in [4.78, 5) is 3.45. The average molecular weight is 457 g/mol. The molecular formula is C32H28N2O. The van der Waals surface area contributed by atoms with Crippen LogP contribution in [0.1, 0.15) is 36.8 Å². The third-order valence-corrected chi connectivity index (χ3v) is 6.11. The van der Waals surface area contributed by atoms with Gasteiger partial charge in [0.15, 0.2) is 5.69 Å². The number of hydrogen-bond acceptors (Lipinski definition) is 2. The van der Waals surface area contributed by atoms with Crippen LogP contribution in [0.25, 0.3) is 27.1 Å². The van der Waals surface area contributed by atoms with Crippen molar-refractivity contribution in [1.29, 1.82) is 5.26 Å². The van der Waals surface area contributed by atoms with Crippen LogP contribution in [0, 0.1) is 17.9 Å². The molecule has 0 atom stereocenters. The molecule has 0 heterocycles. The maximum Gasteiger partial charge on any atom is 0.187 e. The maximum atomic E-state index is 8.92. The molecule has 4 rings (SSSR count). The molecule has 4 aromatic rings. The Morgan fingerprint density at radius 3 is 1.71 bits per heavy atom. The standard InChI is InChI=1S/C32H28N2O/c1-34-31-19-15-29(16-20-31)27-11-7-25(8-12-27)6-4-2-3-5-23-35-32-21-17-30(18-22-32)28-13-9-26(24-33)10-14-28/h7-22H,2-6,23H2. The van der Waals surface area contributed by atoms with Crippen LogP contribution in [-0.4, -0.2) is 6.61 Å². The number of unbranched alkanes of at least 4 members (excludes halogenated alkanes) is 3. The summed E-state index contributed by atoms with van der Waals surface area (Å²) in [7, 11) is 0. The van der Waals surface area contributed by atoms with Crippen molar-refractivity contribution < 1.29 is 4.74 Å². The monoisotopic (exact) mass is 456 g/mol. The molecule has 0 unspecified atom stereocenters. The van der Waals surface area contributed by atoms with E-state index in [0.29, 0.717) is 11.3 Å². The molecule has 0 aliphatic heterocycles. The second-order valence-corrected chi connectivity index (χ2v) is 8.58. The lowest BCUT2D eigenvalue weighted by molar-refractivity contribution is 0.304. The van der Waals surface area contributed by atoms with Gasteiger partial charge in [0.1, 0.15) is 5.75 Å². The maximum absolute atomic E-state index is 8.92. The number of aryl methyl sites for hydroxylation is 1. The van der Waals surface area contributed by atoms with Gasteiger partial charge in [0.05, 0.1) is 24.8 Å². The van der Waals surface area contributed by atoms with E-state index in [4.69, 9.17) is 16.6 Å². The molecule has 172 valence electrons. The summed E-state index contributed by atoms with van der Waals surface area (Å²) in [6.07, 6.45) is 5.68. The van der Waals surface area contributed by atoms with E-state index in [2.05, 4.69) is 47.3 Å². The molecule has 0 N–H and O–H groups in total. The van der Waals surface area contributed by atoms with Gasteiger partial charge in [-0.05, 0) is 71.3 Å². The second-order valence-electron chi connectivity index (χ2n) is 8.58. The molecule has 4 aromatic carbocycles. The molecule has 0 aliphatic carbocycles. The fourth-order valence-electron chi connectivity index (χ4n) is 4.05. The van der Waals surface area contributed by atoms with Crippen LogP contribution in [0.3, 0.4) is 0 Å². The Kier molecular flexibility index (Phi) is 8.31. The molecule has 3 heteroatoms. The van der Waals surface area contributed by atoms with Crippen LogP contribution in [-0.2, 0) is 6.42 Å². The fourth-order valence-corrected chi connectivity index (χ4v) is 4.05. The van der Waals surface area contributed by atoms with Crippen molar-refractivity contribution in [2.75, 3.05) is 6.61 Å². The zero-order chi connectivity index (χ0) is 24.3. The minimum atomic E-state index is 0.673. The summed E-state index contributed by atoms with van der Waals surface area (Å²) < 4.78 is 5.91. The van der Waals surface area contributed by atoms with Crippen molar-refractivity contribution in [3.63, 3.8) is 0 Å². The van der Waals surface area contributed by atoms with Gasteiger partial charge < -0.3 is 4.74 Å². The molecule has 0 saturated heterocycles. The Morgan fingerprint density at radius 2 is 1.14 bits per heavy atom. The molecular weight excluding hydrogens is 428 g/mol. The van der Waals surface area contributed by atoms with Crippen LogP contribution in [0.2, 0.25) is 0 Å². The third-order valence-electron chi connectivity index (χ3n) is 6.11. The third kappa shape index (κ3) is 6.83. The summed E-state index contributed by atoms with van der Waals surface area (Å²) in [5.41, 5.74) is 7.26. The predicted molar refractivity (Wildman–Crippen MR) is 142 cm³/mol. The van der Waals surface area contributed by atoms with E-state index in [1.807, 2.05) is 60.7 Å². The Bertz CT molecular complexity index is 1190. The molecule has 0 radical (unpaired) electrons. The number of hydrogen-bond donors (Lipinski definition) is 0. The van der Waals surface area contributed by atoms with Crippen molar-refractivity contribution in [2.45, 2.75) is 32.1 Å². The van der Waals surface area contributed by atoms with E-state index in [-0.39, 0.29) is 0 Å². The Balaban J connectivity index is 1.13. The molecule has 0 bridgehead atoms. The summed E-state index contributed by atoms with van der Waals surface area (Å²) >= 11 is 0. The summed E-state index contributed by atoms with van der Waals surface area (Å²) in [5.74, 6) is 0.895. The van der Waals surface area contributed by atoms with Crippen LogP contribution in [0.15, 0.2) is 97.1 Å². The number of rotatable bonds is 10. The van der Waals surface area contributed by atoms with E-state index in [0.717, 1.165) is 48.3 Å². The van der Waals surface area contributed by atoms with Gasteiger partial charge in [-0.2, -0.15) is 5.26 Å². The van der Waals surface area contributed by atoms with Crippen molar-refractivity contribution >= 4 is 5.69 Å². The van der Waals surface area contributed by atoms with Gasteiger partial charge >= 0.3 is 0 Å². The molecule has 0 amide bonds. The molecule has 3 nitrogen and oxygen atoms in total. The first kappa shape index (κ1) is 23.8. The zero-order valence-corrected chi connectivity index (χ0v) is 19.8. The van der Waals surface area contributed by atoms with Crippen LogP contribution < -0.4 is 4.74 Å². The van der Waals surface area contributed by atoms with Crippen molar-refractivity contribution in [1.82, 2.24) is 0 Å². The largest absolute Gasteiger partial charge is 0.494 e. The van der Waals surface area contributed by atoms with E-state index in [9.17, 15) is 0 Å². The van der Waals surface area contributed by atoms with Crippen molar-refractivity contribution in [3.05, 3.63) is 120 Å². The normalized spacial score (nSPS) is 10.3. The Labute approximate surface area is 208 Å². The Hall–Kier alpha value is -4.34. The van der Waals surface area contributed by atoms with Crippen LogP contribution in [0.5, 0.6) is 5.75 Å². The van der Waals surface area contributed by atoms with Crippen molar-refractivity contribution in [3.8, 4) is 34.1 Å². The van der Waals surface area contributed by atoms with E-state index in [1.165, 1.54) is 24.0 Å². The number of benzene rings is 4. The smallest absolute Gasteiger partial charge is 0.187 e. The number of ether oxygens (including phenoxy) is 1. The van der Waals surface area contributed by atoms with Crippen LogP contribution in [0.4, 0.5) is 5.69 Å². The van der Waals surface area contributed by atoms with Crippen molar-refractivity contribution in [2.24, 2.45) is 0 Å². The lowest BCUT2D eigenvalue weighted by Crippen LogP contribution is -1.97. The quantitative estimate of drug-likeness (QED) is 0.177. The van der Waals surface area contributed by atoms with Gasteiger partial charge in [-0.25, -0.2) is 4.85 Å². The highest BCUT2D eigenvalue weighted by molar-refractivity contribution is 5.66. The first-order valence-electron chi connectivity index (χ1n) is 12.1. The number of nitrogens with zero attached hydrogens (tertiary/aromatic N) is 2. The van der Waals surface area contributed by atoms with Gasteiger partial charge in [0.2, 0.25) is 0 Å². The van der Waals surface area contributed by atoms with E-state index < -0.39 is 0 Å². The van der Waals surface area contributed by atoms with Gasteiger partial charge in [-0.3, -0.25) is 0 Å². The Morgan fingerprint density at radius 1 is 0.629 bits per heavy atom. The molecule has 0 spiro atoms. The zero-order valence-electron chi connectivity index (χ0n) is 19.8. The van der Waals surface area contributed by atoms with Gasteiger partial charge in [-0.1, -0.05) is 85.6 Å². The number of nitriles is 1. The molecule has 0 saturated carbocycles. The summed E-state index contributed by atoms with van der Waals surface area (Å²) in [5, 5.41) is 8.92. The molecule has 0 fully saturated rings. The highest BCUT2D eigenvalue weighted by atomic mass is 16.5. The lowest BCUT2D eigenvalue weighted by atomic mass is 10.0. The average Bonchev–Trinajstić information content (AvgIpc) is 2.93. The first-order valence-corrected chi connectivity index (χ1v) is 12.1.